The molecular weight excluding hydrogens is 284 g/mol. The molecule has 0 aromatic rings. The number of carbonyl (C=O) groups is 2. The first-order chi connectivity index (χ1) is 10.5. The summed E-state index contributed by atoms with van der Waals surface area (Å²) in [4.78, 5) is 27.7. The summed E-state index contributed by atoms with van der Waals surface area (Å²) in [6.45, 7) is 7.70. The number of hydrogen-bond acceptors (Lipinski definition) is 4. The fraction of sp³-hybridized carbons (Fsp3) is 0.875. The van der Waals surface area contributed by atoms with Gasteiger partial charge in [-0.25, -0.2) is 4.79 Å². The molecule has 22 heavy (non-hydrogen) atoms. The number of ether oxygens (including phenoxy) is 2. The van der Waals surface area contributed by atoms with Gasteiger partial charge in [0.05, 0.1) is 6.61 Å². The zero-order valence-electron chi connectivity index (χ0n) is 14.2. The quantitative estimate of drug-likeness (QED) is 0.676. The van der Waals surface area contributed by atoms with Crippen molar-refractivity contribution in [1.29, 1.82) is 0 Å². The van der Waals surface area contributed by atoms with Crippen LogP contribution in [0.25, 0.3) is 0 Å². The summed E-state index contributed by atoms with van der Waals surface area (Å²) in [6, 6.07) is 0. The highest BCUT2D eigenvalue weighted by molar-refractivity contribution is 5.76. The molecule has 6 heteroatoms. The van der Waals surface area contributed by atoms with Gasteiger partial charge in [0.25, 0.3) is 0 Å². The number of methoxy groups -OCH3 is 1. The van der Waals surface area contributed by atoms with Crippen LogP contribution in [-0.4, -0.2) is 68.3 Å². The van der Waals surface area contributed by atoms with Gasteiger partial charge in [-0.2, -0.15) is 0 Å². The van der Waals surface area contributed by atoms with Crippen LogP contribution in [0.15, 0.2) is 0 Å². The zero-order chi connectivity index (χ0) is 16.4. The predicted octanol–water partition coefficient (Wildman–Crippen LogP) is 2.13. The molecule has 1 fully saturated rings. The largest absolute Gasteiger partial charge is 0.449 e. The topological polar surface area (TPSA) is 59.1 Å². The second kappa shape index (κ2) is 10.4. The Balaban J connectivity index is 2.32. The average molecular weight is 314 g/mol. The zero-order valence-corrected chi connectivity index (χ0v) is 14.2. The molecule has 0 unspecified atom stereocenters. The van der Waals surface area contributed by atoms with Crippen LogP contribution in [-0.2, 0) is 14.3 Å². The highest BCUT2D eigenvalue weighted by atomic mass is 16.6. The van der Waals surface area contributed by atoms with E-state index in [2.05, 4.69) is 0 Å². The minimum atomic E-state index is -0.261. The van der Waals surface area contributed by atoms with Crippen molar-refractivity contribution in [3.63, 3.8) is 0 Å². The van der Waals surface area contributed by atoms with Crippen LogP contribution in [0.3, 0.4) is 0 Å². The molecule has 1 aliphatic heterocycles. The van der Waals surface area contributed by atoms with Crippen molar-refractivity contribution in [2.45, 2.75) is 39.5 Å². The Morgan fingerprint density at radius 2 is 1.73 bits per heavy atom. The molecule has 0 radical (unpaired) electrons. The maximum absolute atomic E-state index is 12.2. The van der Waals surface area contributed by atoms with Gasteiger partial charge >= 0.3 is 6.09 Å². The summed E-state index contributed by atoms with van der Waals surface area (Å²) in [7, 11) is 1.67. The van der Waals surface area contributed by atoms with Gasteiger partial charge < -0.3 is 19.3 Å². The van der Waals surface area contributed by atoms with Crippen molar-refractivity contribution in [1.82, 2.24) is 9.80 Å². The predicted molar refractivity (Wildman–Crippen MR) is 84.7 cm³/mol. The van der Waals surface area contributed by atoms with Crippen LogP contribution in [0.5, 0.6) is 0 Å². The van der Waals surface area contributed by atoms with E-state index in [1.54, 1.807) is 12.0 Å². The van der Waals surface area contributed by atoms with E-state index in [-0.39, 0.29) is 12.0 Å². The van der Waals surface area contributed by atoms with Gasteiger partial charge in [0.1, 0.15) is 0 Å². The van der Waals surface area contributed by atoms with Crippen LogP contribution in [0.1, 0.15) is 39.5 Å². The van der Waals surface area contributed by atoms with Crippen LogP contribution >= 0.6 is 0 Å². The molecule has 0 aromatic carbocycles. The SMILES string of the molecule is COCCCCC(=O)N1CCCN(C(=O)OCC(C)C)CC1. The van der Waals surface area contributed by atoms with Crippen molar-refractivity contribution in [2.24, 2.45) is 5.92 Å². The third kappa shape index (κ3) is 7.11. The number of rotatable bonds is 7. The van der Waals surface area contributed by atoms with E-state index >= 15 is 0 Å². The van der Waals surface area contributed by atoms with Gasteiger partial charge in [-0.15, -0.1) is 0 Å². The Bertz CT molecular complexity index is 347. The minimum absolute atomic E-state index is 0.175. The molecule has 0 saturated carbocycles. The van der Waals surface area contributed by atoms with Crippen molar-refractivity contribution in [2.75, 3.05) is 46.5 Å². The lowest BCUT2D eigenvalue weighted by Crippen LogP contribution is -2.37. The van der Waals surface area contributed by atoms with Gasteiger partial charge in [0, 0.05) is 46.3 Å². The molecule has 0 bridgehead atoms. The van der Waals surface area contributed by atoms with Gasteiger partial charge in [-0.3, -0.25) is 4.79 Å². The smallest absolute Gasteiger partial charge is 0.409 e. The Hall–Kier alpha value is -1.30. The first kappa shape index (κ1) is 18.7. The monoisotopic (exact) mass is 314 g/mol. The van der Waals surface area contributed by atoms with Crippen molar-refractivity contribution < 1.29 is 19.1 Å². The number of carbonyl (C=O) groups excluding carboxylic acids is 2. The Labute approximate surface area is 133 Å². The summed E-state index contributed by atoms with van der Waals surface area (Å²) < 4.78 is 10.2. The summed E-state index contributed by atoms with van der Waals surface area (Å²) in [5.74, 6) is 0.509. The van der Waals surface area contributed by atoms with Gasteiger partial charge in [0.15, 0.2) is 0 Å². The van der Waals surface area contributed by atoms with Crippen LogP contribution in [0.4, 0.5) is 4.79 Å². The van der Waals surface area contributed by atoms with E-state index in [1.165, 1.54) is 0 Å². The maximum Gasteiger partial charge on any atom is 0.409 e. The molecule has 0 aliphatic carbocycles. The standard InChI is InChI=1S/C16H30N2O4/c1-14(2)13-22-16(20)18-9-6-8-17(10-11-18)15(19)7-4-5-12-21-3/h14H,4-13H2,1-3H3. The van der Waals surface area contributed by atoms with Gasteiger partial charge in [-0.1, -0.05) is 13.8 Å². The number of nitrogens with zero attached hydrogens (tertiary/aromatic N) is 2. The molecule has 0 spiro atoms. The summed E-state index contributed by atoms with van der Waals surface area (Å²) in [5.41, 5.74) is 0. The van der Waals surface area contributed by atoms with Crippen LogP contribution < -0.4 is 0 Å². The highest BCUT2D eigenvalue weighted by Crippen LogP contribution is 2.09. The number of hydrogen-bond donors (Lipinski definition) is 0. The minimum Gasteiger partial charge on any atom is -0.449 e. The molecule has 0 atom stereocenters. The first-order valence-corrected chi connectivity index (χ1v) is 8.23. The van der Waals surface area contributed by atoms with Gasteiger partial charge in [0.2, 0.25) is 5.91 Å². The lowest BCUT2D eigenvalue weighted by atomic mass is 10.2. The van der Waals surface area contributed by atoms with Crippen LogP contribution in [0.2, 0.25) is 0 Å². The van der Waals surface area contributed by atoms with E-state index in [0.717, 1.165) is 25.8 Å². The molecule has 1 saturated heterocycles. The maximum atomic E-state index is 12.2. The summed E-state index contributed by atoms with van der Waals surface area (Å²) >= 11 is 0. The Morgan fingerprint density at radius 1 is 1.05 bits per heavy atom. The second-order valence-electron chi connectivity index (χ2n) is 6.14. The van der Waals surface area contributed by atoms with E-state index < -0.39 is 0 Å². The fourth-order valence-electron chi connectivity index (χ4n) is 2.36. The first-order valence-electron chi connectivity index (χ1n) is 8.23. The molecule has 0 N–H and O–H groups in total. The molecule has 0 aromatic heterocycles. The molecule has 6 nitrogen and oxygen atoms in total. The Kier molecular flexibility index (Phi) is 8.89. The van der Waals surface area contributed by atoms with Crippen molar-refractivity contribution in [3.05, 3.63) is 0 Å². The summed E-state index contributed by atoms with van der Waals surface area (Å²) in [5, 5.41) is 0. The molecule has 128 valence electrons. The average Bonchev–Trinajstić information content (AvgIpc) is 2.75. The summed E-state index contributed by atoms with van der Waals surface area (Å²) in [6.07, 6.45) is 2.86. The molecule has 1 aliphatic rings. The number of amides is 2. The van der Waals surface area contributed by atoms with E-state index in [4.69, 9.17) is 9.47 Å². The molecular formula is C16H30N2O4. The van der Waals surface area contributed by atoms with Crippen molar-refractivity contribution in [3.8, 4) is 0 Å². The van der Waals surface area contributed by atoms with Crippen molar-refractivity contribution >= 4 is 12.0 Å². The third-order valence-electron chi connectivity index (χ3n) is 3.64. The fourth-order valence-corrected chi connectivity index (χ4v) is 2.36. The normalized spacial score (nSPS) is 15.8. The lowest BCUT2D eigenvalue weighted by molar-refractivity contribution is -0.131. The lowest BCUT2D eigenvalue weighted by Gasteiger charge is -2.22. The molecule has 2 amide bonds. The third-order valence-corrected chi connectivity index (χ3v) is 3.64. The van der Waals surface area contributed by atoms with E-state index in [0.29, 0.717) is 45.2 Å². The van der Waals surface area contributed by atoms with E-state index in [1.807, 2.05) is 18.7 Å². The highest BCUT2D eigenvalue weighted by Gasteiger charge is 2.22. The van der Waals surface area contributed by atoms with E-state index in [9.17, 15) is 9.59 Å². The second-order valence-corrected chi connectivity index (χ2v) is 6.14. The van der Waals surface area contributed by atoms with Gasteiger partial charge in [-0.05, 0) is 25.2 Å². The Morgan fingerprint density at radius 3 is 2.41 bits per heavy atom. The molecule has 1 heterocycles. The van der Waals surface area contributed by atoms with Crippen LogP contribution in [0, 0.1) is 5.92 Å². The molecule has 1 rings (SSSR count). The number of unbranched alkanes of at least 4 members (excludes halogenated alkanes) is 1.